The van der Waals surface area contributed by atoms with Crippen LogP contribution >= 0.6 is 0 Å². The lowest BCUT2D eigenvalue weighted by atomic mass is 9.88. The van der Waals surface area contributed by atoms with Gasteiger partial charge in [-0.1, -0.05) is 18.2 Å². The molecule has 4 heterocycles. The molecular formula is C26H23F5N6O. The van der Waals surface area contributed by atoms with Crippen molar-refractivity contribution >= 4 is 12.2 Å². The summed E-state index contributed by atoms with van der Waals surface area (Å²) >= 11 is 0. The molecule has 3 aromatic heterocycles. The molecule has 4 aromatic rings. The first-order valence-corrected chi connectivity index (χ1v) is 11.9. The topological polar surface area (TPSA) is 70.7 Å². The van der Waals surface area contributed by atoms with Gasteiger partial charge in [-0.15, -0.1) is 0 Å². The van der Waals surface area contributed by atoms with Crippen molar-refractivity contribution in [2.75, 3.05) is 6.61 Å². The molecule has 38 heavy (non-hydrogen) atoms. The standard InChI is InChI=1S/C26H23F5N6O/c1-16-13-36(15-32-16)21-10-8-17(33-25(21)38-14-22(27)28)9-11-23-34-24-19(6-4-12-37(24)35-23)18-5-2-3-7-20(18)26(29,30)31/h2-3,5,7-11,13,15,19,22H,4,6,12,14H2,1H3/b11-9+/t19-/m0/s1. The minimum absolute atomic E-state index is 0.00534. The smallest absolute Gasteiger partial charge is 0.416 e. The first kappa shape index (κ1) is 25.6. The Labute approximate surface area is 214 Å². The zero-order chi connectivity index (χ0) is 26.9. The number of aromatic nitrogens is 6. The van der Waals surface area contributed by atoms with Crippen molar-refractivity contribution in [2.24, 2.45) is 0 Å². The SMILES string of the molecule is Cc1cn(-c2ccc(/C=C/c3nc4n(n3)CCC[C@H]4c3ccccc3C(F)(F)F)nc2OCC(F)F)cn1. The van der Waals surface area contributed by atoms with Gasteiger partial charge in [-0.25, -0.2) is 28.4 Å². The van der Waals surface area contributed by atoms with Gasteiger partial charge in [0.05, 0.1) is 23.3 Å². The van der Waals surface area contributed by atoms with E-state index in [-0.39, 0.29) is 11.4 Å². The number of nitrogens with zero attached hydrogens (tertiary/aromatic N) is 6. The molecule has 198 valence electrons. The summed E-state index contributed by atoms with van der Waals surface area (Å²) in [6, 6.07) is 8.88. The maximum Gasteiger partial charge on any atom is 0.416 e. The molecule has 1 aliphatic rings. The van der Waals surface area contributed by atoms with E-state index in [0.29, 0.717) is 42.4 Å². The van der Waals surface area contributed by atoms with E-state index >= 15 is 0 Å². The molecule has 5 rings (SSSR count). The van der Waals surface area contributed by atoms with Crippen LogP contribution in [-0.4, -0.2) is 42.3 Å². The predicted octanol–water partition coefficient (Wildman–Crippen LogP) is 5.93. The van der Waals surface area contributed by atoms with Crippen molar-refractivity contribution in [3.63, 3.8) is 0 Å². The molecule has 1 atom stereocenters. The van der Waals surface area contributed by atoms with Crippen molar-refractivity contribution in [1.82, 2.24) is 29.3 Å². The highest BCUT2D eigenvalue weighted by atomic mass is 19.4. The first-order chi connectivity index (χ1) is 18.2. The van der Waals surface area contributed by atoms with Crippen LogP contribution in [-0.2, 0) is 12.7 Å². The summed E-state index contributed by atoms with van der Waals surface area (Å²) in [5, 5.41) is 4.45. The highest BCUT2D eigenvalue weighted by Gasteiger charge is 2.37. The molecule has 1 aliphatic heterocycles. The molecule has 0 saturated carbocycles. The second-order valence-corrected chi connectivity index (χ2v) is 8.85. The highest BCUT2D eigenvalue weighted by molar-refractivity contribution is 5.65. The van der Waals surface area contributed by atoms with Crippen LogP contribution in [0.4, 0.5) is 22.0 Å². The summed E-state index contributed by atoms with van der Waals surface area (Å²) in [5.74, 6) is 0.238. The van der Waals surface area contributed by atoms with E-state index in [4.69, 9.17) is 4.74 Å². The molecule has 0 N–H and O–H groups in total. The Hall–Kier alpha value is -4.09. The lowest BCUT2D eigenvalue weighted by molar-refractivity contribution is -0.138. The van der Waals surface area contributed by atoms with Gasteiger partial charge in [0.15, 0.2) is 12.4 Å². The summed E-state index contributed by atoms with van der Waals surface area (Å²) in [6.45, 7) is 1.52. The van der Waals surface area contributed by atoms with Crippen LogP contribution in [0.2, 0.25) is 0 Å². The van der Waals surface area contributed by atoms with Crippen LogP contribution in [0.1, 0.15) is 52.9 Å². The largest absolute Gasteiger partial charge is 0.470 e. The van der Waals surface area contributed by atoms with Crippen molar-refractivity contribution in [3.8, 4) is 11.6 Å². The average molecular weight is 531 g/mol. The fourth-order valence-electron chi connectivity index (χ4n) is 4.49. The Balaban J connectivity index is 1.43. The Morgan fingerprint density at radius 2 is 1.92 bits per heavy atom. The maximum absolute atomic E-state index is 13.6. The van der Waals surface area contributed by atoms with Crippen molar-refractivity contribution in [3.05, 3.63) is 83.1 Å². The quantitative estimate of drug-likeness (QED) is 0.277. The molecule has 0 unspecified atom stereocenters. The molecule has 0 spiro atoms. The third-order valence-corrected chi connectivity index (χ3v) is 6.13. The van der Waals surface area contributed by atoms with Gasteiger partial charge in [0, 0.05) is 18.7 Å². The molecule has 0 amide bonds. The third-order valence-electron chi connectivity index (χ3n) is 6.13. The van der Waals surface area contributed by atoms with Gasteiger partial charge in [0.2, 0.25) is 5.88 Å². The summed E-state index contributed by atoms with van der Waals surface area (Å²) in [6.07, 6.45) is 0.465. The lowest BCUT2D eigenvalue weighted by Gasteiger charge is -2.25. The fraction of sp³-hybridized carbons (Fsp3) is 0.308. The molecule has 7 nitrogen and oxygen atoms in total. The van der Waals surface area contributed by atoms with E-state index in [1.165, 1.54) is 18.5 Å². The van der Waals surface area contributed by atoms with Crippen LogP contribution in [0.3, 0.4) is 0 Å². The van der Waals surface area contributed by atoms with Crippen LogP contribution in [0.5, 0.6) is 5.88 Å². The number of ether oxygens (including phenoxy) is 1. The van der Waals surface area contributed by atoms with Crippen molar-refractivity contribution in [2.45, 2.75) is 44.8 Å². The van der Waals surface area contributed by atoms with Gasteiger partial charge in [-0.2, -0.15) is 18.3 Å². The van der Waals surface area contributed by atoms with Gasteiger partial charge in [0.1, 0.15) is 11.5 Å². The van der Waals surface area contributed by atoms with E-state index in [0.717, 1.165) is 11.8 Å². The fourth-order valence-corrected chi connectivity index (χ4v) is 4.49. The second-order valence-electron chi connectivity index (χ2n) is 8.85. The predicted molar refractivity (Wildman–Crippen MR) is 129 cm³/mol. The van der Waals surface area contributed by atoms with E-state index in [1.54, 1.807) is 52.7 Å². The number of alkyl halides is 5. The highest BCUT2D eigenvalue weighted by Crippen LogP contribution is 2.40. The number of fused-ring (bicyclic) bond motifs is 1. The molecule has 0 fully saturated rings. The molecule has 1 aromatic carbocycles. The van der Waals surface area contributed by atoms with Gasteiger partial charge in [0.25, 0.3) is 6.43 Å². The first-order valence-electron chi connectivity index (χ1n) is 11.9. The minimum atomic E-state index is -4.47. The molecular weight excluding hydrogens is 507 g/mol. The van der Waals surface area contributed by atoms with E-state index < -0.39 is 30.7 Å². The summed E-state index contributed by atoms with van der Waals surface area (Å²) < 4.78 is 75.1. The summed E-state index contributed by atoms with van der Waals surface area (Å²) in [5.41, 5.74) is 1.09. The number of rotatable bonds is 7. The molecule has 0 aliphatic carbocycles. The zero-order valence-electron chi connectivity index (χ0n) is 20.2. The summed E-state index contributed by atoms with van der Waals surface area (Å²) in [4.78, 5) is 13.0. The molecule has 0 bridgehead atoms. The van der Waals surface area contributed by atoms with E-state index in [2.05, 4.69) is 20.1 Å². The third kappa shape index (κ3) is 5.43. The van der Waals surface area contributed by atoms with Gasteiger partial charge < -0.3 is 9.30 Å². The number of pyridine rings is 1. The van der Waals surface area contributed by atoms with Crippen LogP contribution in [0.15, 0.2) is 48.9 Å². The maximum atomic E-state index is 13.6. The Bertz CT molecular complexity index is 1460. The molecule has 0 radical (unpaired) electrons. The normalized spacial score (nSPS) is 15.8. The van der Waals surface area contributed by atoms with Crippen molar-refractivity contribution < 1.29 is 26.7 Å². The Morgan fingerprint density at radius 1 is 1.11 bits per heavy atom. The minimum Gasteiger partial charge on any atom is -0.470 e. The molecule has 12 heteroatoms. The zero-order valence-corrected chi connectivity index (χ0v) is 20.2. The number of imidazole rings is 1. The van der Waals surface area contributed by atoms with Crippen LogP contribution in [0.25, 0.3) is 17.8 Å². The number of benzene rings is 1. The van der Waals surface area contributed by atoms with E-state index in [1.807, 2.05) is 0 Å². The monoisotopic (exact) mass is 530 g/mol. The number of hydrogen-bond donors (Lipinski definition) is 0. The van der Waals surface area contributed by atoms with Crippen molar-refractivity contribution in [1.29, 1.82) is 0 Å². The van der Waals surface area contributed by atoms with Crippen LogP contribution in [0, 0.1) is 6.92 Å². The average Bonchev–Trinajstić information content (AvgIpc) is 3.51. The van der Waals surface area contributed by atoms with Gasteiger partial charge >= 0.3 is 6.18 Å². The van der Waals surface area contributed by atoms with Gasteiger partial charge in [-0.05, 0) is 55.7 Å². The Morgan fingerprint density at radius 3 is 2.66 bits per heavy atom. The summed E-state index contributed by atoms with van der Waals surface area (Å²) in [7, 11) is 0. The lowest BCUT2D eigenvalue weighted by Crippen LogP contribution is -2.21. The second kappa shape index (κ2) is 10.3. The van der Waals surface area contributed by atoms with Gasteiger partial charge in [-0.3, -0.25) is 0 Å². The molecule has 0 saturated heterocycles. The number of halogens is 5. The number of aryl methyl sites for hydroxylation is 2. The van der Waals surface area contributed by atoms with E-state index in [9.17, 15) is 22.0 Å². The number of hydrogen-bond acceptors (Lipinski definition) is 5. The Kier molecular flexibility index (Phi) is 6.96. The van der Waals surface area contributed by atoms with Crippen LogP contribution < -0.4 is 4.74 Å².